The lowest BCUT2D eigenvalue weighted by Gasteiger charge is -2.34. The zero-order valence-corrected chi connectivity index (χ0v) is 16.2. The summed E-state index contributed by atoms with van der Waals surface area (Å²) in [4.78, 5) is 16.7. The molecule has 0 aromatic heterocycles. The molecule has 2 amide bonds. The van der Waals surface area contributed by atoms with Crippen molar-refractivity contribution < 1.29 is 9.53 Å². The predicted molar refractivity (Wildman–Crippen MR) is 108 cm³/mol. The number of nitrogens with zero attached hydrogens (tertiary/aromatic N) is 2. The molecule has 0 radical (unpaired) electrons. The minimum Gasteiger partial charge on any atom is -0.491 e. The zero-order chi connectivity index (χ0) is 19.1. The number of urea groups is 1. The first-order chi connectivity index (χ1) is 13.1. The molecule has 1 aliphatic heterocycles. The van der Waals surface area contributed by atoms with Gasteiger partial charge >= 0.3 is 6.03 Å². The molecule has 5 nitrogen and oxygen atoms in total. The van der Waals surface area contributed by atoms with Crippen LogP contribution in [-0.4, -0.2) is 48.1 Å². The number of nitrogens with one attached hydrogen (secondary N) is 1. The molecule has 27 heavy (non-hydrogen) atoms. The SMILES string of the molecule is CC(C)Oc1ccc(CNC(=O)N2CCN(Cc3ccccc3)CC2)cc1. The highest BCUT2D eigenvalue weighted by Crippen LogP contribution is 2.14. The number of hydrogen-bond donors (Lipinski definition) is 1. The molecule has 2 aromatic carbocycles. The average Bonchev–Trinajstić information content (AvgIpc) is 2.68. The van der Waals surface area contributed by atoms with E-state index in [0.717, 1.165) is 44.0 Å². The van der Waals surface area contributed by atoms with E-state index in [0.29, 0.717) is 6.54 Å². The number of piperazine rings is 1. The maximum atomic E-state index is 12.4. The maximum Gasteiger partial charge on any atom is 0.317 e. The fourth-order valence-corrected chi connectivity index (χ4v) is 3.20. The van der Waals surface area contributed by atoms with Crippen molar-refractivity contribution in [2.75, 3.05) is 26.2 Å². The highest BCUT2D eigenvalue weighted by Gasteiger charge is 2.20. The molecule has 1 saturated heterocycles. The van der Waals surface area contributed by atoms with Crippen LogP contribution in [-0.2, 0) is 13.1 Å². The molecule has 0 bridgehead atoms. The van der Waals surface area contributed by atoms with Crippen LogP contribution in [0.1, 0.15) is 25.0 Å². The number of carbonyl (C=O) groups excluding carboxylic acids is 1. The molecule has 0 unspecified atom stereocenters. The summed E-state index contributed by atoms with van der Waals surface area (Å²) in [6.07, 6.45) is 0.163. The van der Waals surface area contributed by atoms with Crippen LogP contribution < -0.4 is 10.1 Å². The third-order valence-electron chi connectivity index (χ3n) is 4.65. The Bertz CT molecular complexity index is 708. The quantitative estimate of drug-likeness (QED) is 0.850. The summed E-state index contributed by atoms with van der Waals surface area (Å²) in [5.74, 6) is 0.856. The van der Waals surface area contributed by atoms with E-state index in [4.69, 9.17) is 4.74 Å². The topological polar surface area (TPSA) is 44.8 Å². The van der Waals surface area contributed by atoms with Crippen LogP contribution in [0, 0.1) is 0 Å². The Kier molecular flexibility index (Phi) is 6.71. The third kappa shape index (κ3) is 6.00. The number of amides is 2. The summed E-state index contributed by atoms with van der Waals surface area (Å²) in [6, 6.07) is 18.4. The minimum absolute atomic E-state index is 0.0110. The molecule has 2 aromatic rings. The van der Waals surface area contributed by atoms with Crippen molar-refractivity contribution in [3.8, 4) is 5.75 Å². The average molecular weight is 367 g/mol. The van der Waals surface area contributed by atoms with Gasteiger partial charge in [-0.3, -0.25) is 4.90 Å². The van der Waals surface area contributed by atoms with E-state index in [9.17, 15) is 4.79 Å². The van der Waals surface area contributed by atoms with Crippen molar-refractivity contribution in [3.05, 3.63) is 65.7 Å². The number of hydrogen-bond acceptors (Lipinski definition) is 3. The fourth-order valence-electron chi connectivity index (χ4n) is 3.20. The van der Waals surface area contributed by atoms with Gasteiger partial charge in [-0.05, 0) is 37.1 Å². The van der Waals surface area contributed by atoms with Gasteiger partial charge in [0.2, 0.25) is 0 Å². The molecular formula is C22H29N3O2. The largest absolute Gasteiger partial charge is 0.491 e. The number of rotatable bonds is 6. The van der Waals surface area contributed by atoms with Gasteiger partial charge in [0.05, 0.1) is 6.10 Å². The van der Waals surface area contributed by atoms with Crippen molar-refractivity contribution in [1.82, 2.24) is 15.1 Å². The lowest BCUT2D eigenvalue weighted by atomic mass is 10.2. The second-order valence-corrected chi connectivity index (χ2v) is 7.22. The third-order valence-corrected chi connectivity index (χ3v) is 4.65. The van der Waals surface area contributed by atoms with Crippen molar-refractivity contribution >= 4 is 6.03 Å². The monoisotopic (exact) mass is 367 g/mol. The molecule has 3 rings (SSSR count). The van der Waals surface area contributed by atoms with E-state index in [2.05, 4.69) is 34.5 Å². The van der Waals surface area contributed by atoms with E-state index in [-0.39, 0.29) is 12.1 Å². The smallest absolute Gasteiger partial charge is 0.317 e. The van der Waals surface area contributed by atoms with Gasteiger partial charge in [-0.15, -0.1) is 0 Å². The molecule has 0 atom stereocenters. The number of carbonyl (C=O) groups is 1. The lowest BCUT2D eigenvalue weighted by Crippen LogP contribution is -2.51. The molecule has 1 aliphatic rings. The molecule has 1 heterocycles. The molecular weight excluding hydrogens is 338 g/mol. The normalized spacial score (nSPS) is 15.0. The van der Waals surface area contributed by atoms with Gasteiger partial charge in [-0.2, -0.15) is 0 Å². The second kappa shape index (κ2) is 9.42. The van der Waals surface area contributed by atoms with Crippen LogP contribution in [0.2, 0.25) is 0 Å². The van der Waals surface area contributed by atoms with Crippen LogP contribution in [0.3, 0.4) is 0 Å². The summed E-state index contributed by atoms with van der Waals surface area (Å²) >= 11 is 0. The first kappa shape index (κ1) is 19.2. The van der Waals surface area contributed by atoms with Gasteiger partial charge < -0.3 is 15.0 Å². The zero-order valence-electron chi connectivity index (χ0n) is 16.2. The van der Waals surface area contributed by atoms with Crippen molar-refractivity contribution in [3.63, 3.8) is 0 Å². The lowest BCUT2D eigenvalue weighted by molar-refractivity contribution is 0.135. The van der Waals surface area contributed by atoms with Crippen molar-refractivity contribution in [2.24, 2.45) is 0 Å². The first-order valence-electron chi connectivity index (χ1n) is 9.65. The second-order valence-electron chi connectivity index (χ2n) is 7.22. The summed E-state index contributed by atoms with van der Waals surface area (Å²) in [5, 5.41) is 3.02. The molecule has 1 N–H and O–H groups in total. The van der Waals surface area contributed by atoms with Gasteiger partial charge in [-0.1, -0.05) is 42.5 Å². The van der Waals surface area contributed by atoms with E-state index in [1.807, 2.05) is 49.1 Å². The molecule has 1 fully saturated rings. The summed E-state index contributed by atoms with van der Waals surface area (Å²) < 4.78 is 5.64. The Morgan fingerprint density at radius 1 is 0.963 bits per heavy atom. The molecule has 144 valence electrons. The first-order valence-corrected chi connectivity index (χ1v) is 9.65. The van der Waals surface area contributed by atoms with E-state index < -0.39 is 0 Å². The van der Waals surface area contributed by atoms with Gasteiger partial charge in [0.15, 0.2) is 0 Å². The van der Waals surface area contributed by atoms with Crippen LogP contribution in [0.15, 0.2) is 54.6 Å². The number of ether oxygens (including phenoxy) is 1. The summed E-state index contributed by atoms with van der Waals surface area (Å²) in [6.45, 7) is 8.83. The van der Waals surface area contributed by atoms with E-state index in [1.165, 1.54) is 5.56 Å². The summed E-state index contributed by atoms with van der Waals surface area (Å²) in [7, 11) is 0. The maximum absolute atomic E-state index is 12.4. The predicted octanol–water partition coefficient (Wildman–Crippen LogP) is 3.50. The Balaban J connectivity index is 1.40. The Labute approximate surface area is 161 Å². The van der Waals surface area contributed by atoms with Crippen LogP contribution in [0.4, 0.5) is 4.79 Å². The van der Waals surface area contributed by atoms with E-state index in [1.54, 1.807) is 0 Å². The Morgan fingerprint density at radius 2 is 1.63 bits per heavy atom. The minimum atomic E-state index is 0.0110. The molecule has 0 spiro atoms. The highest BCUT2D eigenvalue weighted by molar-refractivity contribution is 5.74. The highest BCUT2D eigenvalue weighted by atomic mass is 16.5. The number of benzene rings is 2. The van der Waals surface area contributed by atoms with Crippen LogP contribution in [0.5, 0.6) is 5.75 Å². The van der Waals surface area contributed by atoms with Gasteiger partial charge in [0.1, 0.15) is 5.75 Å². The molecule has 5 heteroatoms. The Morgan fingerprint density at radius 3 is 2.26 bits per heavy atom. The van der Waals surface area contributed by atoms with Crippen LogP contribution in [0.25, 0.3) is 0 Å². The van der Waals surface area contributed by atoms with Gasteiger partial charge in [-0.25, -0.2) is 4.79 Å². The van der Waals surface area contributed by atoms with Crippen LogP contribution >= 0.6 is 0 Å². The molecule has 0 saturated carbocycles. The summed E-state index contributed by atoms with van der Waals surface area (Å²) in [5.41, 5.74) is 2.39. The van der Waals surface area contributed by atoms with Gasteiger partial charge in [0, 0.05) is 39.3 Å². The van der Waals surface area contributed by atoms with E-state index >= 15 is 0 Å². The molecule has 0 aliphatic carbocycles. The Hall–Kier alpha value is -2.53. The van der Waals surface area contributed by atoms with Crippen molar-refractivity contribution in [1.29, 1.82) is 0 Å². The van der Waals surface area contributed by atoms with Crippen molar-refractivity contribution in [2.45, 2.75) is 33.0 Å². The van der Waals surface area contributed by atoms with Gasteiger partial charge in [0.25, 0.3) is 0 Å². The fraction of sp³-hybridized carbons (Fsp3) is 0.409. The standard InChI is InChI=1S/C22H29N3O2/c1-18(2)27-21-10-8-19(9-11-21)16-23-22(26)25-14-12-24(13-15-25)17-20-6-4-3-5-7-20/h3-11,18H,12-17H2,1-2H3,(H,23,26).